The second kappa shape index (κ2) is 6.30. The Balaban J connectivity index is 2.82. The van der Waals surface area contributed by atoms with Gasteiger partial charge in [0.15, 0.2) is 5.82 Å². The Labute approximate surface area is 96.7 Å². The van der Waals surface area contributed by atoms with E-state index in [9.17, 15) is 4.79 Å². The fourth-order valence-corrected chi connectivity index (χ4v) is 1.79. The lowest BCUT2D eigenvalue weighted by molar-refractivity contribution is 0.483. The standard InChI is InChI=1S/C12H21N3O/c1-4-10(5-2)9-15(6-3)11-12(16)14-8-7-13-11/h7-8,10H,4-6,9H2,1-3H3,(H,14,16). The average molecular weight is 223 g/mol. The Bertz CT molecular complexity index is 357. The van der Waals surface area contributed by atoms with Crippen molar-refractivity contribution in [3.8, 4) is 0 Å². The number of rotatable bonds is 6. The van der Waals surface area contributed by atoms with Gasteiger partial charge in [-0.25, -0.2) is 4.98 Å². The first-order valence-corrected chi connectivity index (χ1v) is 6.01. The van der Waals surface area contributed by atoms with Crippen LogP contribution in [0.2, 0.25) is 0 Å². The summed E-state index contributed by atoms with van der Waals surface area (Å²) in [6, 6.07) is 0. The summed E-state index contributed by atoms with van der Waals surface area (Å²) in [5, 5.41) is 0. The van der Waals surface area contributed by atoms with Gasteiger partial charge in [0.25, 0.3) is 5.56 Å². The Morgan fingerprint density at radius 2 is 2.06 bits per heavy atom. The molecule has 4 heteroatoms. The molecule has 0 radical (unpaired) electrons. The summed E-state index contributed by atoms with van der Waals surface area (Å²) in [7, 11) is 0. The van der Waals surface area contributed by atoms with Gasteiger partial charge < -0.3 is 9.88 Å². The van der Waals surface area contributed by atoms with E-state index in [0.29, 0.717) is 11.7 Å². The second-order valence-electron chi connectivity index (χ2n) is 3.96. The molecular weight excluding hydrogens is 202 g/mol. The van der Waals surface area contributed by atoms with Gasteiger partial charge in [-0.3, -0.25) is 4.79 Å². The summed E-state index contributed by atoms with van der Waals surface area (Å²) in [4.78, 5) is 20.5. The van der Waals surface area contributed by atoms with Crippen LogP contribution in [0.1, 0.15) is 33.6 Å². The zero-order chi connectivity index (χ0) is 12.0. The number of nitrogens with one attached hydrogen (secondary N) is 1. The highest BCUT2D eigenvalue weighted by molar-refractivity contribution is 5.34. The summed E-state index contributed by atoms with van der Waals surface area (Å²) < 4.78 is 0. The molecule has 0 fully saturated rings. The molecule has 1 aromatic heterocycles. The summed E-state index contributed by atoms with van der Waals surface area (Å²) >= 11 is 0. The molecule has 0 bridgehead atoms. The number of hydrogen-bond acceptors (Lipinski definition) is 3. The van der Waals surface area contributed by atoms with Crippen molar-refractivity contribution >= 4 is 5.82 Å². The van der Waals surface area contributed by atoms with E-state index in [-0.39, 0.29) is 5.56 Å². The van der Waals surface area contributed by atoms with Crippen molar-refractivity contribution < 1.29 is 0 Å². The van der Waals surface area contributed by atoms with E-state index >= 15 is 0 Å². The summed E-state index contributed by atoms with van der Waals surface area (Å²) in [5.41, 5.74) is -0.102. The second-order valence-corrected chi connectivity index (χ2v) is 3.96. The van der Waals surface area contributed by atoms with E-state index in [2.05, 4.69) is 35.6 Å². The molecule has 0 aromatic carbocycles. The molecule has 0 unspecified atom stereocenters. The van der Waals surface area contributed by atoms with Gasteiger partial charge in [0.05, 0.1) is 0 Å². The van der Waals surface area contributed by atoms with Crippen LogP contribution in [0.5, 0.6) is 0 Å². The van der Waals surface area contributed by atoms with Gasteiger partial charge in [0.1, 0.15) is 0 Å². The molecule has 4 nitrogen and oxygen atoms in total. The Morgan fingerprint density at radius 1 is 1.38 bits per heavy atom. The van der Waals surface area contributed by atoms with Crippen molar-refractivity contribution in [3.05, 3.63) is 22.7 Å². The Hall–Kier alpha value is -1.32. The molecule has 0 aliphatic rings. The zero-order valence-corrected chi connectivity index (χ0v) is 10.4. The first-order chi connectivity index (χ1) is 7.72. The maximum absolute atomic E-state index is 11.6. The maximum atomic E-state index is 11.6. The molecule has 0 aliphatic heterocycles. The largest absolute Gasteiger partial charge is 0.352 e. The van der Waals surface area contributed by atoms with Crippen molar-refractivity contribution in [2.75, 3.05) is 18.0 Å². The van der Waals surface area contributed by atoms with Crippen LogP contribution in [0.3, 0.4) is 0 Å². The molecule has 0 amide bonds. The number of aromatic nitrogens is 2. The van der Waals surface area contributed by atoms with Crippen LogP contribution in [0.15, 0.2) is 17.2 Å². The monoisotopic (exact) mass is 223 g/mol. The van der Waals surface area contributed by atoms with Gasteiger partial charge in [-0.2, -0.15) is 0 Å². The number of anilines is 1. The fraction of sp³-hybridized carbons (Fsp3) is 0.667. The highest BCUT2D eigenvalue weighted by atomic mass is 16.1. The summed E-state index contributed by atoms with van der Waals surface area (Å²) in [6.07, 6.45) is 5.47. The van der Waals surface area contributed by atoms with Gasteiger partial charge in [-0.1, -0.05) is 26.7 Å². The molecule has 1 heterocycles. The van der Waals surface area contributed by atoms with Crippen LogP contribution in [0.25, 0.3) is 0 Å². The fourth-order valence-electron chi connectivity index (χ4n) is 1.79. The number of H-pyrrole nitrogens is 1. The normalized spacial score (nSPS) is 10.8. The smallest absolute Gasteiger partial charge is 0.290 e. The van der Waals surface area contributed by atoms with Crippen LogP contribution in [-0.4, -0.2) is 23.1 Å². The van der Waals surface area contributed by atoms with Gasteiger partial charge in [-0.05, 0) is 12.8 Å². The third-order valence-corrected chi connectivity index (χ3v) is 3.00. The molecule has 0 spiro atoms. The maximum Gasteiger partial charge on any atom is 0.290 e. The van der Waals surface area contributed by atoms with Gasteiger partial charge in [-0.15, -0.1) is 0 Å². The van der Waals surface area contributed by atoms with E-state index < -0.39 is 0 Å². The van der Waals surface area contributed by atoms with Crippen molar-refractivity contribution in [2.24, 2.45) is 5.92 Å². The molecule has 1 N–H and O–H groups in total. The van der Waals surface area contributed by atoms with E-state index in [1.807, 2.05) is 0 Å². The highest BCUT2D eigenvalue weighted by Gasteiger charge is 2.13. The average Bonchev–Trinajstić information content (AvgIpc) is 2.32. The summed E-state index contributed by atoms with van der Waals surface area (Å²) in [5.74, 6) is 1.17. The minimum absolute atomic E-state index is 0.102. The van der Waals surface area contributed by atoms with Gasteiger partial charge in [0.2, 0.25) is 0 Å². The molecule has 1 rings (SSSR count). The molecule has 0 atom stereocenters. The van der Waals surface area contributed by atoms with Crippen LogP contribution < -0.4 is 10.5 Å². The van der Waals surface area contributed by atoms with Gasteiger partial charge in [0, 0.05) is 25.5 Å². The predicted molar refractivity (Wildman–Crippen MR) is 66.8 cm³/mol. The number of hydrogen-bond donors (Lipinski definition) is 1. The van der Waals surface area contributed by atoms with E-state index in [4.69, 9.17) is 0 Å². The first kappa shape index (κ1) is 12.7. The van der Waals surface area contributed by atoms with Crippen molar-refractivity contribution in [3.63, 3.8) is 0 Å². The predicted octanol–water partition coefficient (Wildman–Crippen LogP) is 2.03. The van der Waals surface area contributed by atoms with E-state index in [1.165, 1.54) is 0 Å². The zero-order valence-electron chi connectivity index (χ0n) is 10.4. The van der Waals surface area contributed by atoms with Crippen molar-refractivity contribution in [1.29, 1.82) is 0 Å². The molecule has 1 aromatic rings. The van der Waals surface area contributed by atoms with E-state index in [0.717, 1.165) is 25.9 Å². The van der Waals surface area contributed by atoms with E-state index in [1.54, 1.807) is 12.4 Å². The van der Waals surface area contributed by atoms with Crippen LogP contribution in [-0.2, 0) is 0 Å². The number of nitrogens with zero attached hydrogens (tertiary/aromatic N) is 2. The lowest BCUT2D eigenvalue weighted by Gasteiger charge is -2.25. The Morgan fingerprint density at radius 3 is 2.56 bits per heavy atom. The minimum atomic E-state index is -0.102. The first-order valence-electron chi connectivity index (χ1n) is 6.01. The quantitative estimate of drug-likeness (QED) is 0.802. The Kier molecular flexibility index (Phi) is 5.02. The molecular formula is C12H21N3O. The lowest BCUT2D eigenvalue weighted by Crippen LogP contribution is -2.34. The molecule has 0 saturated carbocycles. The SMILES string of the molecule is CCC(CC)CN(CC)c1ncc[nH]c1=O. The van der Waals surface area contributed by atoms with Crippen molar-refractivity contribution in [1.82, 2.24) is 9.97 Å². The third kappa shape index (κ3) is 3.08. The molecule has 0 aliphatic carbocycles. The van der Waals surface area contributed by atoms with Crippen LogP contribution in [0.4, 0.5) is 5.82 Å². The highest BCUT2D eigenvalue weighted by Crippen LogP contribution is 2.12. The van der Waals surface area contributed by atoms with Crippen molar-refractivity contribution in [2.45, 2.75) is 33.6 Å². The van der Waals surface area contributed by atoms with Gasteiger partial charge >= 0.3 is 0 Å². The molecule has 0 saturated heterocycles. The molecule has 90 valence electrons. The topological polar surface area (TPSA) is 49.0 Å². The molecule has 16 heavy (non-hydrogen) atoms. The third-order valence-electron chi connectivity index (χ3n) is 3.00. The van der Waals surface area contributed by atoms with Crippen LogP contribution >= 0.6 is 0 Å². The van der Waals surface area contributed by atoms with Crippen LogP contribution in [0, 0.1) is 5.92 Å². The summed E-state index contributed by atoms with van der Waals surface area (Å²) in [6.45, 7) is 8.14. The minimum Gasteiger partial charge on any atom is -0.352 e. The number of aromatic amines is 1. The lowest BCUT2D eigenvalue weighted by atomic mass is 10.0.